The molecule has 0 saturated carbocycles. The van der Waals surface area contributed by atoms with Crippen LogP contribution >= 0.6 is 15.9 Å². The Kier molecular flexibility index (Phi) is 4.22. The number of rotatable bonds is 1. The highest BCUT2D eigenvalue weighted by atomic mass is 79.9. The Balaban J connectivity index is 1.47. The number of fused-ring (bicyclic) bond motifs is 11. The van der Waals surface area contributed by atoms with Crippen LogP contribution < -0.4 is 5.73 Å². The van der Waals surface area contributed by atoms with Crippen LogP contribution in [0.4, 0.5) is 5.69 Å². The number of halogens is 1. The van der Waals surface area contributed by atoms with Gasteiger partial charge in [-0.15, -0.1) is 0 Å². The van der Waals surface area contributed by atoms with Crippen molar-refractivity contribution in [1.82, 2.24) is 0 Å². The Morgan fingerprint density at radius 2 is 1.16 bits per heavy atom. The molecule has 6 aromatic carbocycles. The molecule has 0 fully saturated rings. The van der Waals surface area contributed by atoms with Crippen LogP contribution in [0, 0.1) is 0 Å². The van der Waals surface area contributed by atoms with Crippen LogP contribution in [0.1, 0.15) is 22.3 Å². The Hall–Kier alpha value is -4.14. The second-order valence-electron chi connectivity index (χ2n) is 10.1. The maximum Gasteiger partial charge on any atom is 0.0725 e. The van der Waals surface area contributed by atoms with Crippen LogP contribution in [-0.4, -0.2) is 0 Å². The molecule has 2 N–H and O–H groups in total. The predicted octanol–water partition coefficient (Wildman–Crippen LogP) is 9.19. The molecule has 0 saturated heterocycles. The summed E-state index contributed by atoms with van der Waals surface area (Å²) in [6.45, 7) is 0. The lowest BCUT2D eigenvalue weighted by Crippen LogP contribution is -2.25. The summed E-state index contributed by atoms with van der Waals surface area (Å²) in [5, 5.41) is 2.39. The molecule has 0 bridgehead atoms. The Morgan fingerprint density at radius 1 is 0.486 bits per heavy atom. The van der Waals surface area contributed by atoms with E-state index >= 15 is 0 Å². The van der Waals surface area contributed by atoms with Crippen molar-refractivity contribution in [2.24, 2.45) is 0 Å². The third-order valence-corrected chi connectivity index (χ3v) is 8.76. The molecule has 1 nitrogen and oxygen atoms in total. The van der Waals surface area contributed by atoms with Gasteiger partial charge in [-0.25, -0.2) is 0 Å². The molecule has 0 amide bonds. The van der Waals surface area contributed by atoms with Gasteiger partial charge in [0.15, 0.2) is 0 Å². The van der Waals surface area contributed by atoms with Crippen molar-refractivity contribution in [2.75, 3.05) is 5.73 Å². The normalized spacial score (nSPS) is 16.5. The summed E-state index contributed by atoms with van der Waals surface area (Å²) >= 11 is 3.78. The van der Waals surface area contributed by atoms with Crippen molar-refractivity contribution in [3.8, 4) is 33.4 Å². The Morgan fingerprint density at radius 3 is 1.97 bits per heavy atom. The highest BCUT2D eigenvalue weighted by Crippen LogP contribution is 2.63. The average Bonchev–Trinajstić information content (AvgIpc) is 3.39. The van der Waals surface area contributed by atoms with Gasteiger partial charge in [-0.05, 0) is 96.7 Å². The number of nitrogen functional groups attached to an aromatic ring is 1. The molecule has 6 aromatic rings. The Labute approximate surface area is 224 Å². The molecule has 2 heteroatoms. The highest BCUT2D eigenvalue weighted by molar-refractivity contribution is 9.10. The fourth-order valence-electron chi connectivity index (χ4n) is 6.83. The fourth-order valence-corrected chi connectivity index (χ4v) is 7.19. The fraction of sp³-hybridized carbons (Fsp3) is 0.0286. The minimum Gasteiger partial charge on any atom is -0.399 e. The smallest absolute Gasteiger partial charge is 0.0725 e. The lowest BCUT2D eigenvalue weighted by molar-refractivity contribution is 0.793. The van der Waals surface area contributed by atoms with Gasteiger partial charge in [-0.2, -0.15) is 0 Å². The lowest BCUT2D eigenvalue weighted by atomic mass is 9.70. The summed E-state index contributed by atoms with van der Waals surface area (Å²) in [7, 11) is 0. The first kappa shape index (κ1) is 21.0. The molecule has 37 heavy (non-hydrogen) atoms. The molecule has 0 aromatic heterocycles. The molecule has 0 heterocycles. The number of hydrogen-bond donors (Lipinski definition) is 1. The first-order chi connectivity index (χ1) is 18.2. The minimum atomic E-state index is -0.330. The summed E-state index contributed by atoms with van der Waals surface area (Å²) in [6.07, 6.45) is 0. The van der Waals surface area contributed by atoms with Gasteiger partial charge in [0, 0.05) is 10.2 Å². The van der Waals surface area contributed by atoms with E-state index in [0.717, 1.165) is 10.2 Å². The van der Waals surface area contributed by atoms with Gasteiger partial charge in [0.1, 0.15) is 0 Å². The molecule has 2 aliphatic rings. The summed E-state index contributed by atoms with van der Waals surface area (Å²) in [6, 6.07) is 44.3. The molecule has 1 unspecified atom stereocenters. The van der Waals surface area contributed by atoms with Crippen molar-refractivity contribution in [3.63, 3.8) is 0 Å². The zero-order valence-corrected chi connectivity index (χ0v) is 21.6. The lowest BCUT2D eigenvalue weighted by Gasteiger charge is -2.30. The zero-order valence-electron chi connectivity index (χ0n) is 20.0. The first-order valence-electron chi connectivity index (χ1n) is 12.6. The van der Waals surface area contributed by atoms with E-state index in [9.17, 15) is 0 Å². The summed E-state index contributed by atoms with van der Waals surface area (Å²) in [4.78, 5) is 0. The molecular weight excluding hydrogens is 514 g/mol. The second kappa shape index (κ2) is 7.44. The summed E-state index contributed by atoms with van der Waals surface area (Å²) in [5.41, 5.74) is 19.7. The van der Waals surface area contributed by atoms with Crippen molar-refractivity contribution < 1.29 is 0 Å². The van der Waals surface area contributed by atoms with Crippen LogP contribution in [0.15, 0.2) is 126 Å². The van der Waals surface area contributed by atoms with Crippen LogP contribution in [0.25, 0.3) is 44.2 Å². The topological polar surface area (TPSA) is 26.0 Å². The maximum atomic E-state index is 6.20. The molecule has 174 valence electrons. The van der Waals surface area contributed by atoms with Gasteiger partial charge in [0.2, 0.25) is 0 Å². The zero-order chi connectivity index (χ0) is 24.7. The van der Waals surface area contributed by atoms with E-state index in [1.807, 2.05) is 6.07 Å². The van der Waals surface area contributed by atoms with E-state index in [4.69, 9.17) is 5.73 Å². The van der Waals surface area contributed by atoms with Gasteiger partial charge in [0.05, 0.1) is 5.41 Å². The summed E-state index contributed by atoms with van der Waals surface area (Å²) < 4.78 is 1.11. The van der Waals surface area contributed by atoms with E-state index in [0.29, 0.717) is 0 Å². The van der Waals surface area contributed by atoms with Crippen molar-refractivity contribution in [3.05, 3.63) is 148 Å². The standard InChI is InChI=1S/C35H22BrN/c36-23-14-16-28-26-7-1-3-10-31(26)35(34(28)19-23)32-11-4-2-8-27(32)30-18-22(13-17-33(30)35)25-9-5-6-21-12-15-24(37)20-29(21)25/h1-20H,37H2. The van der Waals surface area contributed by atoms with Crippen LogP contribution in [0.3, 0.4) is 0 Å². The third-order valence-electron chi connectivity index (χ3n) is 8.27. The molecule has 2 aliphatic carbocycles. The quantitative estimate of drug-likeness (QED) is 0.208. The van der Waals surface area contributed by atoms with E-state index in [-0.39, 0.29) is 5.41 Å². The Bertz CT molecular complexity index is 1920. The highest BCUT2D eigenvalue weighted by Gasteiger charge is 2.51. The molecule has 1 atom stereocenters. The van der Waals surface area contributed by atoms with Gasteiger partial charge >= 0.3 is 0 Å². The average molecular weight is 536 g/mol. The number of benzene rings is 6. The second-order valence-corrected chi connectivity index (χ2v) is 11.0. The monoisotopic (exact) mass is 535 g/mol. The van der Waals surface area contributed by atoms with Gasteiger partial charge in [0.25, 0.3) is 0 Å². The van der Waals surface area contributed by atoms with E-state index in [1.54, 1.807) is 0 Å². The third kappa shape index (κ3) is 2.68. The number of anilines is 1. The van der Waals surface area contributed by atoms with E-state index < -0.39 is 0 Å². The van der Waals surface area contributed by atoms with Gasteiger partial charge in [-0.1, -0.05) is 107 Å². The number of nitrogens with two attached hydrogens (primary N) is 1. The van der Waals surface area contributed by atoms with Gasteiger partial charge in [-0.3, -0.25) is 0 Å². The van der Waals surface area contributed by atoms with Crippen molar-refractivity contribution in [2.45, 2.75) is 5.41 Å². The van der Waals surface area contributed by atoms with Crippen molar-refractivity contribution in [1.29, 1.82) is 0 Å². The van der Waals surface area contributed by atoms with E-state index in [1.165, 1.54) is 66.4 Å². The molecule has 1 spiro atoms. The van der Waals surface area contributed by atoms with Gasteiger partial charge < -0.3 is 5.73 Å². The molecule has 0 aliphatic heterocycles. The van der Waals surface area contributed by atoms with Crippen LogP contribution in [0.5, 0.6) is 0 Å². The molecular formula is C35H22BrN. The SMILES string of the molecule is Nc1ccc2cccc(-c3ccc4c(c3)-c3ccccc3C43c4ccccc4-c4ccc(Br)cc43)c2c1. The predicted molar refractivity (Wildman–Crippen MR) is 158 cm³/mol. The van der Waals surface area contributed by atoms with Crippen LogP contribution in [0.2, 0.25) is 0 Å². The number of hydrogen-bond acceptors (Lipinski definition) is 1. The molecule has 0 radical (unpaired) electrons. The van der Waals surface area contributed by atoms with E-state index in [2.05, 4.69) is 131 Å². The van der Waals surface area contributed by atoms with Crippen LogP contribution in [-0.2, 0) is 5.41 Å². The summed E-state index contributed by atoms with van der Waals surface area (Å²) in [5.74, 6) is 0. The molecule has 8 rings (SSSR count). The minimum absolute atomic E-state index is 0.330. The van der Waals surface area contributed by atoms with Crippen molar-refractivity contribution >= 4 is 32.4 Å². The first-order valence-corrected chi connectivity index (χ1v) is 13.4. The largest absolute Gasteiger partial charge is 0.399 e. The maximum absolute atomic E-state index is 6.20.